The van der Waals surface area contributed by atoms with Crippen molar-refractivity contribution in [2.75, 3.05) is 12.8 Å². The van der Waals surface area contributed by atoms with E-state index in [0.29, 0.717) is 28.5 Å². The molecule has 2 amide bonds. The molecule has 1 atom stereocenters. The number of nitrogens with one attached hydrogen (secondary N) is 2. The Kier molecular flexibility index (Phi) is 7.11. The molecule has 0 fully saturated rings. The van der Waals surface area contributed by atoms with E-state index in [4.69, 9.17) is 4.74 Å². The van der Waals surface area contributed by atoms with Gasteiger partial charge in [0.15, 0.2) is 5.17 Å². The topological polar surface area (TPSA) is 79.8 Å². The molecule has 1 aliphatic rings. The fourth-order valence-corrected chi connectivity index (χ4v) is 4.55. The SMILES string of the molecule is CNC(=O)c1ccc(-c2cc(C3(C)CCSC(NC(=O)OC(C)(C)C)=N3)c(F)cc2F)cc1. The van der Waals surface area contributed by atoms with Crippen LogP contribution in [0.4, 0.5) is 13.6 Å². The zero-order valence-electron chi connectivity index (χ0n) is 19.2. The van der Waals surface area contributed by atoms with Crippen LogP contribution < -0.4 is 10.6 Å². The standard InChI is InChI=1S/C24H27F2N3O3S/c1-23(2,3)32-22(31)28-21-29-24(4,10-11-33-21)17-12-16(18(25)13-19(17)26)14-6-8-15(9-7-14)20(30)27-5/h6-9,12-13H,10-11H2,1-5H3,(H,27,30)(H,28,29,31). The van der Waals surface area contributed by atoms with E-state index in [-0.39, 0.29) is 17.0 Å². The number of thioether (sulfide) groups is 1. The third-order valence-electron chi connectivity index (χ3n) is 5.11. The van der Waals surface area contributed by atoms with Crippen molar-refractivity contribution < 1.29 is 23.1 Å². The van der Waals surface area contributed by atoms with E-state index in [1.807, 2.05) is 0 Å². The molecule has 2 aromatic carbocycles. The Morgan fingerprint density at radius 1 is 1.12 bits per heavy atom. The molecule has 9 heteroatoms. The van der Waals surface area contributed by atoms with Gasteiger partial charge in [0.2, 0.25) is 0 Å². The van der Waals surface area contributed by atoms with Crippen molar-refractivity contribution in [3.8, 4) is 11.1 Å². The summed E-state index contributed by atoms with van der Waals surface area (Å²) in [5.41, 5.74) is -0.318. The van der Waals surface area contributed by atoms with Crippen LogP contribution in [0, 0.1) is 11.6 Å². The second kappa shape index (κ2) is 9.51. The Morgan fingerprint density at radius 2 is 1.79 bits per heavy atom. The van der Waals surface area contributed by atoms with E-state index in [1.165, 1.54) is 24.9 Å². The summed E-state index contributed by atoms with van der Waals surface area (Å²) in [6.07, 6.45) is -0.149. The molecule has 0 saturated carbocycles. The van der Waals surface area contributed by atoms with Crippen molar-refractivity contribution in [1.29, 1.82) is 0 Å². The molecule has 0 bridgehead atoms. The van der Waals surface area contributed by atoms with E-state index >= 15 is 0 Å². The van der Waals surface area contributed by atoms with Crippen LogP contribution in [0.1, 0.15) is 50.0 Å². The molecule has 0 radical (unpaired) electrons. The molecule has 33 heavy (non-hydrogen) atoms. The maximum absolute atomic E-state index is 14.9. The summed E-state index contributed by atoms with van der Waals surface area (Å²) in [6, 6.07) is 8.68. The highest BCUT2D eigenvalue weighted by Crippen LogP contribution is 2.39. The Labute approximate surface area is 196 Å². The van der Waals surface area contributed by atoms with Crippen LogP contribution in [0.3, 0.4) is 0 Å². The molecule has 0 saturated heterocycles. The predicted molar refractivity (Wildman–Crippen MR) is 126 cm³/mol. The minimum absolute atomic E-state index is 0.200. The van der Waals surface area contributed by atoms with Crippen molar-refractivity contribution in [3.63, 3.8) is 0 Å². The predicted octanol–water partition coefficient (Wildman–Crippen LogP) is 5.22. The summed E-state index contributed by atoms with van der Waals surface area (Å²) in [5.74, 6) is -1.10. The Bertz CT molecular complexity index is 1100. The number of carbonyl (C=O) groups excluding carboxylic acids is 2. The number of amides is 2. The Morgan fingerprint density at radius 3 is 2.39 bits per heavy atom. The highest BCUT2D eigenvalue weighted by Gasteiger charge is 2.34. The van der Waals surface area contributed by atoms with Gasteiger partial charge in [-0.1, -0.05) is 23.9 Å². The summed E-state index contributed by atoms with van der Waals surface area (Å²) in [7, 11) is 1.53. The van der Waals surface area contributed by atoms with Gasteiger partial charge in [0.25, 0.3) is 5.91 Å². The minimum atomic E-state index is -1.01. The fraction of sp³-hybridized carbons (Fsp3) is 0.375. The molecule has 0 spiro atoms. The lowest BCUT2D eigenvalue weighted by Crippen LogP contribution is -2.38. The maximum atomic E-state index is 14.9. The molecule has 0 aromatic heterocycles. The average molecular weight is 476 g/mol. The largest absolute Gasteiger partial charge is 0.444 e. The lowest BCUT2D eigenvalue weighted by Gasteiger charge is -2.31. The average Bonchev–Trinajstić information content (AvgIpc) is 2.72. The maximum Gasteiger partial charge on any atom is 0.413 e. The number of benzene rings is 2. The lowest BCUT2D eigenvalue weighted by atomic mass is 9.87. The van der Waals surface area contributed by atoms with Gasteiger partial charge in [0.1, 0.15) is 17.2 Å². The van der Waals surface area contributed by atoms with Crippen LogP contribution in [-0.2, 0) is 10.3 Å². The first kappa shape index (κ1) is 24.7. The van der Waals surface area contributed by atoms with Crippen molar-refractivity contribution in [1.82, 2.24) is 10.6 Å². The van der Waals surface area contributed by atoms with Crippen LogP contribution >= 0.6 is 11.8 Å². The highest BCUT2D eigenvalue weighted by atomic mass is 32.2. The van der Waals surface area contributed by atoms with Crippen LogP contribution in [0.2, 0.25) is 0 Å². The van der Waals surface area contributed by atoms with Gasteiger partial charge < -0.3 is 10.1 Å². The van der Waals surface area contributed by atoms with Gasteiger partial charge in [-0.3, -0.25) is 15.1 Å². The van der Waals surface area contributed by atoms with Crippen LogP contribution in [0.5, 0.6) is 0 Å². The molecule has 2 aromatic rings. The first-order chi connectivity index (χ1) is 15.4. The van der Waals surface area contributed by atoms with Crippen LogP contribution in [0.25, 0.3) is 11.1 Å². The fourth-order valence-electron chi connectivity index (χ4n) is 3.44. The lowest BCUT2D eigenvalue weighted by molar-refractivity contribution is 0.0564. The van der Waals surface area contributed by atoms with E-state index < -0.39 is 28.9 Å². The number of rotatable bonds is 3. The molecule has 2 N–H and O–H groups in total. The molecule has 1 heterocycles. The number of carbonyl (C=O) groups is 2. The van der Waals surface area contributed by atoms with E-state index in [9.17, 15) is 18.4 Å². The van der Waals surface area contributed by atoms with Crippen molar-refractivity contribution in [2.45, 2.75) is 45.3 Å². The zero-order chi connectivity index (χ0) is 24.4. The third kappa shape index (κ3) is 5.90. The normalized spacial score (nSPS) is 18.3. The van der Waals surface area contributed by atoms with E-state index in [2.05, 4.69) is 15.6 Å². The molecule has 176 valence electrons. The summed E-state index contributed by atoms with van der Waals surface area (Å²) in [5, 5.41) is 5.46. The minimum Gasteiger partial charge on any atom is -0.444 e. The van der Waals surface area contributed by atoms with Gasteiger partial charge in [-0.25, -0.2) is 13.6 Å². The monoisotopic (exact) mass is 475 g/mol. The van der Waals surface area contributed by atoms with Crippen molar-refractivity contribution in [2.24, 2.45) is 4.99 Å². The summed E-state index contributed by atoms with van der Waals surface area (Å²) < 4.78 is 34.9. The van der Waals surface area contributed by atoms with Crippen LogP contribution in [0.15, 0.2) is 41.4 Å². The third-order valence-corrected chi connectivity index (χ3v) is 5.98. The van der Waals surface area contributed by atoms with Gasteiger partial charge in [-0.05, 0) is 57.9 Å². The second-order valence-electron chi connectivity index (χ2n) is 8.88. The van der Waals surface area contributed by atoms with Gasteiger partial charge in [-0.2, -0.15) is 0 Å². The first-order valence-corrected chi connectivity index (χ1v) is 11.4. The molecule has 1 unspecified atom stereocenters. The zero-order valence-corrected chi connectivity index (χ0v) is 20.0. The smallest absolute Gasteiger partial charge is 0.413 e. The highest BCUT2D eigenvalue weighted by molar-refractivity contribution is 8.13. The number of amidine groups is 1. The number of aliphatic imine (C=N–C) groups is 1. The van der Waals surface area contributed by atoms with Gasteiger partial charge in [0, 0.05) is 35.6 Å². The van der Waals surface area contributed by atoms with Crippen molar-refractivity contribution in [3.05, 3.63) is 59.2 Å². The molecule has 0 aliphatic carbocycles. The Balaban J connectivity index is 1.95. The summed E-state index contributed by atoms with van der Waals surface area (Å²) in [4.78, 5) is 28.5. The Hall–Kier alpha value is -2.94. The molecule has 1 aliphatic heterocycles. The quantitative estimate of drug-likeness (QED) is 0.638. The molecule has 3 rings (SSSR count). The molecule has 6 nitrogen and oxygen atoms in total. The number of hydrogen-bond acceptors (Lipinski definition) is 5. The number of hydrogen-bond donors (Lipinski definition) is 2. The number of halogens is 2. The number of ether oxygens (including phenoxy) is 1. The van der Waals surface area contributed by atoms with Crippen LogP contribution in [-0.4, -0.2) is 35.6 Å². The summed E-state index contributed by atoms with van der Waals surface area (Å²) in [6.45, 7) is 7.01. The van der Waals surface area contributed by atoms with E-state index in [1.54, 1.807) is 52.0 Å². The molecular weight excluding hydrogens is 448 g/mol. The van der Waals surface area contributed by atoms with Gasteiger partial charge in [-0.15, -0.1) is 0 Å². The molecular formula is C24H27F2N3O3S. The first-order valence-electron chi connectivity index (χ1n) is 10.5. The number of alkyl carbamates (subject to hydrolysis) is 1. The van der Waals surface area contributed by atoms with Crippen molar-refractivity contribution >= 4 is 28.9 Å². The van der Waals surface area contributed by atoms with E-state index in [0.717, 1.165) is 6.07 Å². The second-order valence-corrected chi connectivity index (χ2v) is 9.97. The van der Waals surface area contributed by atoms with Gasteiger partial charge in [0.05, 0.1) is 5.54 Å². The van der Waals surface area contributed by atoms with Gasteiger partial charge >= 0.3 is 6.09 Å². The summed E-state index contributed by atoms with van der Waals surface area (Å²) >= 11 is 1.33. The number of nitrogens with zero attached hydrogens (tertiary/aromatic N) is 1.